The fourth-order valence-electron chi connectivity index (χ4n) is 2.95. The van der Waals surface area contributed by atoms with Crippen LogP contribution in [0.3, 0.4) is 0 Å². The molecule has 3 aromatic rings. The molecule has 0 atom stereocenters. The summed E-state index contributed by atoms with van der Waals surface area (Å²) in [7, 11) is 0. The Morgan fingerprint density at radius 1 is 1.16 bits per heavy atom. The van der Waals surface area contributed by atoms with Crippen LogP contribution in [0.5, 0.6) is 0 Å². The molecule has 0 aliphatic heterocycles. The van der Waals surface area contributed by atoms with Crippen LogP contribution >= 0.6 is 0 Å². The number of hydrogen-bond acceptors (Lipinski definition) is 2. The minimum Gasteiger partial charge on any atom is -0.347 e. The first-order valence-corrected chi connectivity index (χ1v) is 8.45. The predicted octanol–water partition coefficient (Wildman–Crippen LogP) is 4.45. The lowest BCUT2D eigenvalue weighted by Crippen LogP contribution is -2.43. The van der Waals surface area contributed by atoms with Gasteiger partial charge in [-0.25, -0.2) is 9.37 Å². The average molecular weight is 339 g/mol. The number of benzene rings is 1. The number of halogens is 1. The summed E-state index contributed by atoms with van der Waals surface area (Å²) in [5.41, 5.74) is 2.65. The first-order valence-electron chi connectivity index (χ1n) is 8.45. The molecule has 4 nitrogen and oxygen atoms in total. The Labute approximate surface area is 146 Å². The normalized spacial score (nSPS) is 11.7. The Hall–Kier alpha value is -2.69. The molecule has 2 aromatic heterocycles. The average Bonchev–Trinajstić information content (AvgIpc) is 2.98. The van der Waals surface area contributed by atoms with E-state index in [9.17, 15) is 9.18 Å². The number of nitrogens with one attached hydrogen (secondary N) is 1. The van der Waals surface area contributed by atoms with Crippen molar-refractivity contribution in [3.05, 3.63) is 60.2 Å². The summed E-state index contributed by atoms with van der Waals surface area (Å²) < 4.78 is 14.9. The maximum atomic E-state index is 13.1. The highest BCUT2D eigenvalue weighted by Gasteiger charge is 2.20. The maximum absolute atomic E-state index is 13.1. The van der Waals surface area contributed by atoms with Crippen molar-refractivity contribution in [3.63, 3.8) is 0 Å². The third-order valence-corrected chi connectivity index (χ3v) is 4.18. The highest BCUT2D eigenvalue weighted by Crippen LogP contribution is 2.20. The van der Waals surface area contributed by atoms with Crippen molar-refractivity contribution in [2.75, 3.05) is 0 Å². The van der Waals surface area contributed by atoms with Gasteiger partial charge in [0.05, 0.1) is 11.3 Å². The Kier molecular flexibility index (Phi) is 4.57. The molecule has 0 saturated heterocycles. The summed E-state index contributed by atoms with van der Waals surface area (Å²) in [6.07, 6.45) is 5.54. The smallest absolute Gasteiger partial charge is 0.253 e. The highest BCUT2D eigenvalue weighted by atomic mass is 19.1. The van der Waals surface area contributed by atoms with E-state index in [0.717, 1.165) is 29.7 Å². The molecule has 0 aliphatic rings. The SMILES string of the molecule is CCCC(C)(C)NC(=O)c1ccc2nc(-c3ccc(F)cc3)cn2c1. The number of carbonyl (C=O) groups is 1. The van der Waals surface area contributed by atoms with Crippen LogP contribution in [0, 0.1) is 5.82 Å². The van der Waals surface area contributed by atoms with Crippen molar-refractivity contribution in [2.45, 2.75) is 39.2 Å². The molecule has 0 unspecified atom stereocenters. The lowest BCUT2D eigenvalue weighted by atomic mass is 9.98. The number of hydrogen-bond donors (Lipinski definition) is 1. The van der Waals surface area contributed by atoms with Crippen LogP contribution in [-0.2, 0) is 0 Å². The number of amides is 1. The van der Waals surface area contributed by atoms with Crippen LogP contribution in [-0.4, -0.2) is 20.8 Å². The van der Waals surface area contributed by atoms with E-state index in [1.807, 2.05) is 30.5 Å². The van der Waals surface area contributed by atoms with Crippen molar-refractivity contribution in [3.8, 4) is 11.3 Å². The van der Waals surface area contributed by atoms with E-state index < -0.39 is 0 Å². The van der Waals surface area contributed by atoms with E-state index in [1.54, 1.807) is 24.4 Å². The molecule has 130 valence electrons. The van der Waals surface area contributed by atoms with Gasteiger partial charge in [0.1, 0.15) is 11.5 Å². The zero-order valence-corrected chi connectivity index (χ0v) is 14.7. The first kappa shape index (κ1) is 17.1. The topological polar surface area (TPSA) is 46.4 Å². The number of aromatic nitrogens is 2. The van der Waals surface area contributed by atoms with E-state index >= 15 is 0 Å². The molecular formula is C20H22FN3O. The molecule has 0 saturated carbocycles. The van der Waals surface area contributed by atoms with Gasteiger partial charge in [-0.1, -0.05) is 13.3 Å². The van der Waals surface area contributed by atoms with Gasteiger partial charge in [0.15, 0.2) is 0 Å². The van der Waals surface area contributed by atoms with Gasteiger partial charge in [-0.15, -0.1) is 0 Å². The molecule has 1 N–H and O–H groups in total. The highest BCUT2D eigenvalue weighted by molar-refractivity contribution is 5.94. The summed E-state index contributed by atoms with van der Waals surface area (Å²) >= 11 is 0. The van der Waals surface area contributed by atoms with Crippen molar-refractivity contribution < 1.29 is 9.18 Å². The minimum atomic E-state index is -0.277. The zero-order valence-electron chi connectivity index (χ0n) is 14.7. The van der Waals surface area contributed by atoms with E-state index in [2.05, 4.69) is 17.2 Å². The fourth-order valence-corrected chi connectivity index (χ4v) is 2.95. The summed E-state index contributed by atoms with van der Waals surface area (Å²) in [4.78, 5) is 17.0. The van der Waals surface area contributed by atoms with E-state index in [-0.39, 0.29) is 17.3 Å². The number of pyridine rings is 1. The predicted molar refractivity (Wildman–Crippen MR) is 97.0 cm³/mol. The number of fused-ring (bicyclic) bond motifs is 1. The number of imidazole rings is 1. The third kappa shape index (κ3) is 3.87. The maximum Gasteiger partial charge on any atom is 0.253 e. The van der Waals surface area contributed by atoms with Crippen molar-refractivity contribution in [2.24, 2.45) is 0 Å². The minimum absolute atomic E-state index is 0.0996. The third-order valence-electron chi connectivity index (χ3n) is 4.18. The Balaban J connectivity index is 1.87. The largest absolute Gasteiger partial charge is 0.347 e. The molecule has 1 aromatic carbocycles. The molecule has 0 bridgehead atoms. The Morgan fingerprint density at radius 2 is 1.88 bits per heavy atom. The van der Waals surface area contributed by atoms with Crippen LogP contribution in [0.1, 0.15) is 44.0 Å². The van der Waals surface area contributed by atoms with Crippen molar-refractivity contribution in [1.82, 2.24) is 14.7 Å². The van der Waals surface area contributed by atoms with Gasteiger partial charge in [0.2, 0.25) is 0 Å². The van der Waals surface area contributed by atoms with E-state index in [1.165, 1.54) is 12.1 Å². The van der Waals surface area contributed by atoms with Crippen LogP contribution in [0.2, 0.25) is 0 Å². The number of carbonyl (C=O) groups excluding carboxylic acids is 1. The van der Waals surface area contributed by atoms with Crippen molar-refractivity contribution >= 4 is 11.6 Å². The fraction of sp³-hybridized carbons (Fsp3) is 0.300. The second-order valence-corrected chi connectivity index (χ2v) is 6.90. The lowest BCUT2D eigenvalue weighted by Gasteiger charge is -2.25. The molecule has 1 amide bonds. The molecule has 0 aliphatic carbocycles. The number of nitrogens with zero attached hydrogens (tertiary/aromatic N) is 2. The molecular weight excluding hydrogens is 317 g/mol. The quantitative estimate of drug-likeness (QED) is 0.746. The molecule has 0 fully saturated rings. The van der Waals surface area contributed by atoms with Gasteiger partial charge in [-0.3, -0.25) is 4.79 Å². The van der Waals surface area contributed by atoms with Crippen LogP contribution < -0.4 is 5.32 Å². The summed E-state index contributed by atoms with van der Waals surface area (Å²) in [6.45, 7) is 6.15. The molecule has 2 heterocycles. The van der Waals surface area contributed by atoms with Crippen LogP contribution in [0.25, 0.3) is 16.9 Å². The van der Waals surface area contributed by atoms with E-state index in [4.69, 9.17) is 0 Å². The monoisotopic (exact) mass is 339 g/mol. The lowest BCUT2D eigenvalue weighted by molar-refractivity contribution is 0.0908. The molecule has 0 spiro atoms. The van der Waals surface area contributed by atoms with Gasteiger partial charge in [0, 0.05) is 23.5 Å². The van der Waals surface area contributed by atoms with Crippen molar-refractivity contribution in [1.29, 1.82) is 0 Å². The molecule has 25 heavy (non-hydrogen) atoms. The molecule has 0 radical (unpaired) electrons. The number of rotatable bonds is 5. The molecule has 5 heteroatoms. The van der Waals surface area contributed by atoms with Gasteiger partial charge in [-0.2, -0.15) is 0 Å². The second kappa shape index (κ2) is 6.67. The van der Waals surface area contributed by atoms with Gasteiger partial charge < -0.3 is 9.72 Å². The second-order valence-electron chi connectivity index (χ2n) is 6.90. The molecule has 3 rings (SSSR count). The summed E-state index contributed by atoms with van der Waals surface area (Å²) in [6, 6.07) is 9.79. The zero-order chi connectivity index (χ0) is 18.0. The van der Waals surface area contributed by atoms with Gasteiger partial charge >= 0.3 is 0 Å². The standard InChI is InChI=1S/C20H22FN3O/c1-4-11-20(2,3)23-19(25)15-7-10-18-22-17(13-24(18)12-15)14-5-8-16(21)9-6-14/h5-10,12-13H,4,11H2,1-3H3,(H,23,25). The van der Waals surface area contributed by atoms with Gasteiger partial charge in [0.25, 0.3) is 5.91 Å². The van der Waals surface area contributed by atoms with E-state index in [0.29, 0.717) is 5.56 Å². The Morgan fingerprint density at radius 3 is 2.56 bits per heavy atom. The first-order chi connectivity index (χ1) is 11.9. The summed E-state index contributed by atoms with van der Waals surface area (Å²) in [5, 5.41) is 3.07. The van der Waals surface area contributed by atoms with Gasteiger partial charge in [-0.05, 0) is 56.7 Å². The van der Waals surface area contributed by atoms with Crippen LogP contribution in [0.15, 0.2) is 48.8 Å². The van der Waals surface area contributed by atoms with Crippen LogP contribution in [0.4, 0.5) is 4.39 Å². The Bertz CT molecular complexity index is 897. The summed E-state index contributed by atoms with van der Waals surface area (Å²) in [5.74, 6) is -0.376.